The van der Waals surface area contributed by atoms with Crippen LogP contribution < -0.4 is 9.47 Å². The minimum atomic E-state index is -0.129. The predicted molar refractivity (Wildman–Crippen MR) is 103 cm³/mol. The van der Waals surface area contributed by atoms with Gasteiger partial charge in [-0.3, -0.25) is 9.59 Å². The van der Waals surface area contributed by atoms with E-state index < -0.39 is 0 Å². The third-order valence-corrected chi connectivity index (χ3v) is 5.01. The number of nitrogens with zero attached hydrogens (tertiary/aromatic N) is 1. The van der Waals surface area contributed by atoms with Crippen molar-refractivity contribution in [3.63, 3.8) is 0 Å². The summed E-state index contributed by atoms with van der Waals surface area (Å²) in [6.45, 7) is 1.19. The zero-order valence-corrected chi connectivity index (χ0v) is 15.8. The van der Waals surface area contributed by atoms with Crippen LogP contribution in [0.25, 0.3) is 0 Å². The van der Waals surface area contributed by atoms with Crippen LogP contribution in [0.15, 0.2) is 48.5 Å². The van der Waals surface area contributed by atoms with E-state index in [9.17, 15) is 9.59 Å². The van der Waals surface area contributed by atoms with Crippen LogP contribution in [0.2, 0.25) is 0 Å². The lowest BCUT2D eigenvalue weighted by molar-refractivity contribution is -0.131. The Hall–Kier alpha value is -2.82. The van der Waals surface area contributed by atoms with E-state index in [0.717, 1.165) is 24.0 Å². The van der Waals surface area contributed by atoms with Crippen molar-refractivity contribution < 1.29 is 19.1 Å². The Morgan fingerprint density at radius 2 is 1.78 bits per heavy atom. The highest BCUT2D eigenvalue weighted by Crippen LogP contribution is 2.28. The molecule has 3 rings (SSSR count). The lowest BCUT2D eigenvalue weighted by Gasteiger charge is -2.32. The number of Topliss-reactive ketones (excluding diaryl/α,β-unsaturated/α-hetero) is 1. The van der Waals surface area contributed by atoms with Gasteiger partial charge < -0.3 is 14.4 Å². The molecule has 0 bridgehead atoms. The molecule has 1 aliphatic rings. The van der Waals surface area contributed by atoms with E-state index in [1.54, 1.807) is 20.3 Å². The van der Waals surface area contributed by atoms with Gasteiger partial charge in [0, 0.05) is 24.6 Å². The molecule has 0 N–H and O–H groups in total. The zero-order chi connectivity index (χ0) is 19.2. The number of rotatable bonds is 6. The molecule has 1 amide bonds. The molecule has 2 aromatic carbocycles. The monoisotopic (exact) mass is 367 g/mol. The van der Waals surface area contributed by atoms with Gasteiger partial charge in [-0.2, -0.15) is 0 Å². The maximum atomic E-state index is 12.8. The van der Waals surface area contributed by atoms with Crippen LogP contribution in [0.5, 0.6) is 11.5 Å². The van der Waals surface area contributed by atoms with Gasteiger partial charge in [-0.25, -0.2) is 0 Å². The molecule has 1 unspecified atom stereocenters. The SMILES string of the molecule is COc1ccc(CC(=O)N2CCCC(C(=O)c3ccccc3)C2)cc1OC. The number of benzene rings is 2. The van der Waals surface area contributed by atoms with Gasteiger partial charge in [0.05, 0.1) is 20.6 Å². The van der Waals surface area contributed by atoms with Crippen molar-refractivity contribution in [2.75, 3.05) is 27.3 Å². The molecule has 1 atom stereocenters. The number of piperidine rings is 1. The summed E-state index contributed by atoms with van der Waals surface area (Å²) in [5, 5.41) is 0. The smallest absolute Gasteiger partial charge is 0.227 e. The van der Waals surface area contributed by atoms with Crippen molar-refractivity contribution in [3.8, 4) is 11.5 Å². The maximum Gasteiger partial charge on any atom is 0.227 e. The number of methoxy groups -OCH3 is 2. The van der Waals surface area contributed by atoms with Crippen molar-refractivity contribution >= 4 is 11.7 Å². The van der Waals surface area contributed by atoms with E-state index in [-0.39, 0.29) is 24.0 Å². The fourth-order valence-corrected chi connectivity index (χ4v) is 3.53. The first-order valence-corrected chi connectivity index (χ1v) is 9.20. The number of ether oxygens (including phenoxy) is 2. The quantitative estimate of drug-likeness (QED) is 0.735. The molecule has 0 saturated carbocycles. The molecule has 0 spiro atoms. The third-order valence-electron chi connectivity index (χ3n) is 5.01. The van der Waals surface area contributed by atoms with Gasteiger partial charge in [-0.1, -0.05) is 36.4 Å². The molecule has 1 fully saturated rings. The van der Waals surface area contributed by atoms with Gasteiger partial charge >= 0.3 is 0 Å². The van der Waals surface area contributed by atoms with Crippen LogP contribution >= 0.6 is 0 Å². The summed E-state index contributed by atoms with van der Waals surface area (Å²) in [6, 6.07) is 14.8. The number of hydrogen-bond donors (Lipinski definition) is 0. The molecule has 1 aliphatic heterocycles. The molecule has 0 aromatic heterocycles. The highest BCUT2D eigenvalue weighted by atomic mass is 16.5. The van der Waals surface area contributed by atoms with Crippen LogP contribution in [0.4, 0.5) is 0 Å². The Kier molecular flexibility index (Phi) is 6.12. The molecule has 1 heterocycles. The summed E-state index contributed by atoms with van der Waals surface area (Å²) < 4.78 is 10.5. The highest BCUT2D eigenvalue weighted by molar-refractivity contribution is 5.98. The van der Waals surface area contributed by atoms with E-state index in [0.29, 0.717) is 24.6 Å². The van der Waals surface area contributed by atoms with Crippen molar-refractivity contribution in [1.82, 2.24) is 4.90 Å². The number of likely N-dealkylation sites (tertiary alicyclic amines) is 1. The van der Waals surface area contributed by atoms with Crippen molar-refractivity contribution in [1.29, 1.82) is 0 Å². The molecule has 5 nitrogen and oxygen atoms in total. The molecule has 2 aromatic rings. The Bertz CT molecular complexity index is 803. The van der Waals surface area contributed by atoms with Crippen LogP contribution in [0.1, 0.15) is 28.8 Å². The molecular formula is C22H25NO4. The summed E-state index contributed by atoms with van der Waals surface area (Å²) in [5.41, 5.74) is 1.59. The summed E-state index contributed by atoms with van der Waals surface area (Å²) in [6.07, 6.45) is 1.96. The zero-order valence-electron chi connectivity index (χ0n) is 15.8. The van der Waals surface area contributed by atoms with Crippen LogP contribution in [-0.4, -0.2) is 43.9 Å². The standard InChI is InChI=1S/C22H25NO4/c1-26-19-11-10-16(13-20(19)27-2)14-21(24)23-12-6-9-18(15-23)22(25)17-7-4-3-5-8-17/h3-5,7-8,10-11,13,18H,6,9,12,14-15H2,1-2H3. The minimum absolute atomic E-state index is 0.0350. The van der Waals surface area contributed by atoms with E-state index in [1.165, 1.54) is 0 Å². The number of carbonyl (C=O) groups is 2. The fraction of sp³-hybridized carbons (Fsp3) is 0.364. The number of ketones is 1. The van der Waals surface area contributed by atoms with Gasteiger partial charge in [0.2, 0.25) is 5.91 Å². The maximum absolute atomic E-state index is 12.8. The molecule has 5 heteroatoms. The summed E-state index contributed by atoms with van der Waals surface area (Å²) >= 11 is 0. The van der Waals surface area contributed by atoms with Gasteiger partial charge in [0.15, 0.2) is 17.3 Å². The number of hydrogen-bond acceptors (Lipinski definition) is 4. The second kappa shape index (κ2) is 8.71. The van der Waals surface area contributed by atoms with Gasteiger partial charge in [0.25, 0.3) is 0 Å². The van der Waals surface area contributed by atoms with Crippen LogP contribution in [-0.2, 0) is 11.2 Å². The first-order chi connectivity index (χ1) is 13.1. The topological polar surface area (TPSA) is 55.8 Å². The third kappa shape index (κ3) is 4.48. The largest absolute Gasteiger partial charge is 0.493 e. The summed E-state index contributed by atoms with van der Waals surface area (Å²) in [7, 11) is 3.16. The molecule has 0 aliphatic carbocycles. The summed E-state index contributed by atoms with van der Waals surface area (Å²) in [5.74, 6) is 1.28. The second-order valence-corrected chi connectivity index (χ2v) is 6.78. The Morgan fingerprint density at radius 3 is 2.48 bits per heavy atom. The lowest BCUT2D eigenvalue weighted by Crippen LogP contribution is -2.43. The molecular weight excluding hydrogens is 342 g/mol. The highest BCUT2D eigenvalue weighted by Gasteiger charge is 2.29. The first-order valence-electron chi connectivity index (χ1n) is 9.20. The van der Waals surface area contributed by atoms with E-state index >= 15 is 0 Å². The average Bonchev–Trinajstić information content (AvgIpc) is 2.73. The van der Waals surface area contributed by atoms with Crippen molar-refractivity contribution in [2.24, 2.45) is 5.92 Å². The lowest BCUT2D eigenvalue weighted by atomic mass is 9.90. The average molecular weight is 367 g/mol. The van der Waals surface area contributed by atoms with Crippen molar-refractivity contribution in [3.05, 3.63) is 59.7 Å². The summed E-state index contributed by atoms with van der Waals surface area (Å²) in [4.78, 5) is 27.3. The van der Waals surface area contributed by atoms with Crippen molar-refractivity contribution in [2.45, 2.75) is 19.3 Å². The number of carbonyl (C=O) groups excluding carboxylic acids is 2. The van der Waals surface area contributed by atoms with E-state index in [4.69, 9.17) is 9.47 Å². The van der Waals surface area contributed by atoms with Gasteiger partial charge in [-0.05, 0) is 30.5 Å². The molecule has 0 radical (unpaired) electrons. The Labute approximate surface area is 159 Å². The van der Waals surface area contributed by atoms with E-state index in [2.05, 4.69) is 0 Å². The van der Waals surface area contributed by atoms with Crippen LogP contribution in [0, 0.1) is 5.92 Å². The van der Waals surface area contributed by atoms with Crippen LogP contribution in [0.3, 0.4) is 0 Å². The minimum Gasteiger partial charge on any atom is -0.493 e. The second-order valence-electron chi connectivity index (χ2n) is 6.78. The van der Waals surface area contributed by atoms with Gasteiger partial charge in [-0.15, -0.1) is 0 Å². The predicted octanol–water partition coefficient (Wildman–Crippen LogP) is 3.37. The molecule has 1 saturated heterocycles. The number of amides is 1. The molecule has 27 heavy (non-hydrogen) atoms. The first kappa shape index (κ1) is 19.0. The fourth-order valence-electron chi connectivity index (χ4n) is 3.53. The Morgan fingerprint density at radius 1 is 1.04 bits per heavy atom. The normalized spacial score (nSPS) is 16.7. The molecule has 142 valence electrons. The van der Waals surface area contributed by atoms with E-state index in [1.807, 2.05) is 47.4 Å². The Balaban J connectivity index is 1.66. The van der Waals surface area contributed by atoms with Gasteiger partial charge in [0.1, 0.15) is 0 Å².